The number of thiol groups is 1. The topological polar surface area (TPSA) is 88.4 Å². The molecule has 4 rings (SSSR count). The third kappa shape index (κ3) is 2.61. The molecule has 1 aromatic rings. The van der Waals surface area contributed by atoms with Gasteiger partial charge in [-0.3, -0.25) is 19.7 Å². The summed E-state index contributed by atoms with van der Waals surface area (Å²) in [4.78, 5) is 35.7. The average Bonchev–Trinajstić information content (AvgIpc) is 3.20. The van der Waals surface area contributed by atoms with Crippen molar-refractivity contribution in [2.75, 3.05) is 0 Å². The quantitative estimate of drug-likeness (QED) is 0.423. The van der Waals surface area contributed by atoms with Gasteiger partial charge in [0.2, 0.25) is 11.8 Å². The van der Waals surface area contributed by atoms with Crippen molar-refractivity contribution in [2.24, 2.45) is 11.8 Å². The van der Waals surface area contributed by atoms with E-state index < -0.39 is 11.8 Å². The summed E-state index contributed by atoms with van der Waals surface area (Å²) in [6.07, 6.45) is 6.88. The van der Waals surface area contributed by atoms with E-state index in [1.807, 2.05) is 0 Å². The molecule has 0 bridgehead atoms. The molecule has 0 radical (unpaired) electrons. The number of carbonyl (C=O) groups excluding carboxylic acids is 3. The first-order chi connectivity index (χ1) is 11.5. The number of hydrogen-bond acceptors (Lipinski definition) is 6. The van der Waals surface area contributed by atoms with Crippen molar-refractivity contribution in [1.82, 2.24) is 10.6 Å². The number of amides is 3. The van der Waals surface area contributed by atoms with Crippen molar-refractivity contribution >= 4 is 53.8 Å². The van der Waals surface area contributed by atoms with Crippen LogP contribution in [-0.4, -0.2) is 22.4 Å². The van der Waals surface area contributed by atoms with Crippen LogP contribution < -0.4 is 10.6 Å². The number of hydrogen-bond donors (Lipinski definition) is 3. The summed E-state index contributed by atoms with van der Waals surface area (Å²) in [7, 11) is 0. The van der Waals surface area contributed by atoms with Gasteiger partial charge in [-0.2, -0.15) is 0 Å². The van der Waals surface area contributed by atoms with E-state index in [0.717, 1.165) is 5.57 Å². The molecule has 24 heavy (non-hydrogen) atoms. The number of imide groups is 1. The Balaban J connectivity index is 1.59. The molecule has 1 aliphatic carbocycles. The molecule has 2 saturated heterocycles. The average molecular weight is 360 g/mol. The highest BCUT2D eigenvalue weighted by Crippen LogP contribution is 2.34. The molecular weight excluding hydrogens is 348 g/mol. The van der Waals surface area contributed by atoms with E-state index in [1.54, 1.807) is 36.4 Å². The predicted octanol–water partition coefficient (Wildman–Crippen LogP) is 1.54. The second-order valence-electron chi connectivity index (χ2n) is 5.54. The third-order valence-electron chi connectivity index (χ3n) is 3.98. The lowest BCUT2D eigenvalue weighted by Gasteiger charge is -2.13. The predicted molar refractivity (Wildman–Crippen MR) is 92.4 cm³/mol. The Morgan fingerprint density at radius 1 is 1.17 bits per heavy atom. The van der Waals surface area contributed by atoms with Gasteiger partial charge in [0.1, 0.15) is 16.2 Å². The highest BCUT2D eigenvalue weighted by atomic mass is 32.2. The van der Waals surface area contributed by atoms with Crippen LogP contribution >= 0.6 is 24.4 Å². The number of fused-ring (bicyclic) bond motifs is 1. The maximum atomic E-state index is 11.8. The number of nitrogens with one attached hydrogen (secondary N) is 2. The van der Waals surface area contributed by atoms with Crippen LogP contribution in [0.3, 0.4) is 0 Å². The van der Waals surface area contributed by atoms with Gasteiger partial charge in [-0.05, 0) is 12.1 Å². The number of furan rings is 1. The molecule has 6 nitrogen and oxygen atoms in total. The maximum absolute atomic E-state index is 11.8. The van der Waals surface area contributed by atoms with Crippen LogP contribution in [0.2, 0.25) is 0 Å². The number of thioether (sulfide) groups is 1. The van der Waals surface area contributed by atoms with Gasteiger partial charge in [0.25, 0.3) is 5.91 Å². The maximum Gasteiger partial charge on any atom is 0.259 e. The van der Waals surface area contributed by atoms with E-state index in [4.69, 9.17) is 4.42 Å². The minimum Gasteiger partial charge on any atom is -0.457 e. The smallest absolute Gasteiger partial charge is 0.259 e. The second kappa shape index (κ2) is 5.71. The molecule has 8 heteroatoms. The first-order valence-corrected chi connectivity index (χ1v) is 8.63. The summed E-state index contributed by atoms with van der Waals surface area (Å²) in [6.45, 7) is 0. The van der Waals surface area contributed by atoms with Crippen molar-refractivity contribution in [3.05, 3.63) is 46.8 Å². The molecule has 3 atom stereocenters. The first kappa shape index (κ1) is 15.3. The fourth-order valence-corrected chi connectivity index (χ4v) is 4.04. The summed E-state index contributed by atoms with van der Waals surface area (Å²) >= 11 is 5.50. The van der Waals surface area contributed by atoms with E-state index in [0.29, 0.717) is 16.4 Å². The van der Waals surface area contributed by atoms with Crippen molar-refractivity contribution in [1.29, 1.82) is 0 Å². The van der Waals surface area contributed by atoms with Crippen LogP contribution in [0.25, 0.3) is 11.6 Å². The summed E-state index contributed by atoms with van der Waals surface area (Å²) in [5.41, 5.74) is 0.737. The normalized spacial score (nSPS) is 30.4. The van der Waals surface area contributed by atoms with Crippen LogP contribution in [0.15, 0.2) is 39.7 Å². The zero-order valence-electron chi connectivity index (χ0n) is 12.2. The minimum absolute atomic E-state index is 0.182. The molecule has 122 valence electrons. The summed E-state index contributed by atoms with van der Waals surface area (Å²) in [5, 5.41) is 5.00. The van der Waals surface area contributed by atoms with E-state index >= 15 is 0 Å². The Kier molecular flexibility index (Phi) is 3.65. The summed E-state index contributed by atoms with van der Waals surface area (Å²) < 4.78 is 5.50. The second-order valence-corrected chi connectivity index (χ2v) is 7.55. The molecule has 1 aromatic heterocycles. The standard InChI is InChI=1S/C16H12N2O4S2/c19-13-9-3-1-7(5-10(9)14(20)17-13)11-4-2-8(22-11)6-12-15(21)18-16(23)24-12/h1-6,9-10,16,23H,(H,18,21)(H,17,19,20)/b12-6-. The number of allylic oxidation sites excluding steroid dienone is 2. The molecular formula is C16H12N2O4S2. The monoisotopic (exact) mass is 360 g/mol. The lowest BCUT2D eigenvalue weighted by molar-refractivity contribution is -0.125. The van der Waals surface area contributed by atoms with Crippen LogP contribution in [0.5, 0.6) is 0 Å². The largest absolute Gasteiger partial charge is 0.457 e. The Hall–Kier alpha value is -2.19. The fourth-order valence-electron chi connectivity index (χ4n) is 2.82. The Bertz CT molecular complexity index is 852. The van der Waals surface area contributed by atoms with E-state index in [1.165, 1.54) is 11.8 Å². The molecule has 2 N–H and O–H groups in total. The third-order valence-corrected chi connectivity index (χ3v) is 5.33. The zero-order valence-corrected chi connectivity index (χ0v) is 13.9. The van der Waals surface area contributed by atoms with Gasteiger partial charge in [0.05, 0.1) is 16.7 Å². The zero-order chi connectivity index (χ0) is 16.8. The summed E-state index contributed by atoms with van der Waals surface area (Å²) in [5.74, 6) is -0.567. The Labute approximate surface area is 146 Å². The minimum atomic E-state index is -0.495. The highest BCUT2D eigenvalue weighted by molar-refractivity contribution is 8.14. The Morgan fingerprint density at radius 2 is 1.96 bits per heavy atom. The summed E-state index contributed by atoms with van der Waals surface area (Å²) in [6, 6.07) is 3.52. The van der Waals surface area contributed by atoms with Crippen LogP contribution in [0.4, 0.5) is 0 Å². The molecule has 3 unspecified atom stereocenters. The van der Waals surface area contributed by atoms with E-state index in [9.17, 15) is 14.4 Å². The van der Waals surface area contributed by atoms with Gasteiger partial charge in [0, 0.05) is 11.6 Å². The van der Waals surface area contributed by atoms with Gasteiger partial charge in [0.15, 0.2) is 0 Å². The van der Waals surface area contributed by atoms with Crippen LogP contribution in [0, 0.1) is 11.8 Å². The highest BCUT2D eigenvalue weighted by Gasteiger charge is 2.40. The van der Waals surface area contributed by atoms with Gasteiger partial charge in [-0.1, -0.05) is 30.0 Å². The fraction of sp³-hybridized carbons (Fsp3) is 0.188. The lowest BCUT2D eigenvalue weighted by Crippen LogP contribution is -2.21. The Morgan fingerprint density at radius 3 is 2.71 bits per heavy atom. The first-order valence-electron chi connectivity index (χ1n) is 7.23. The van der Waals surface area contributed by atoms with Gasteiger partial charge in [-0.15, -0.1) is 12.6 Å². The molecule has 3 heterocycles. The molecule has 2 fully saturated rings. The van der Waals surface area contributed by atoms with Crippen LogP contribution in [-0.2, 0) is 14.4 Å². The number of carbonyl (C=O) groups is 3. The van der Waals surface area contributed by atoms with Crippen molar-refractivity contribution in [3.8, 4) is 0 Å². The molecule has 0 spiro atoms. The van der Waals surface area contributed by atoms with Crippen molar-refractivity contribution in [3.63, 3.8) is 0 Å². The van der Waals surface area contributed by atoms with Crippen molar-refractivity contribution in [2.45, 2.75) is 4.71 Å². The molecule has 0 saturated carbocycles. The SMILES string of the molecule is O=C1NC(S)S/C1=C\c1ccc(C2=CC3C(=O)NC(=O)C3C=C2)o1. The number of rotatable bonds is 2. The van der Waals surface area contributed by atoms with Gasteiger partial charge in [-0.25, -0.2) is 0 Å². The van der Waals surface area contributed by atoms with Crippen molar-refractivity contribution < 1.29 is 18.8 Å². The molecule has 0 aromatic carbocycles. The van der Waals surface area contributed by atoms with E-state index in [-0.39, 0.29) is 22.4 Å². The van der Waals surface area contributed by atoms with E-state index in [2.05, 4.69) is 23.3 Å². The molecule has 2 aliphatic heterocycles. The van der Waals surface area contributed by atoms with Gasteiger partial charge >= 0.3 is 0 Å². The molecule has 3 amide bonds. The van der Waals surface area contributed by atoms with Gasteiger partial charge < -0.3 is 9.73 Å². The van der Waals surface area contributed by atoms with Crippen LogP contribution in [0.1, 0.15) is 11.5 Å². The molecule has 3 aliphatic rings. The lowest BCUT2D eigenvalue weighted by atomic mass is 9.87.